The summed E-state index contributed by atoms with van der Waals surface area (Å²) in [5.41, 5.74) is 1.75. The summed E-state index contributed by atoms with van der Waals surface area (Å²) in [4.78, 5) is 13.3. The number of anilines is 1. The molecule has 0 aliphatic rings. The minimum absolute atomic E-state index is 0.169. The summed E-state index contributed by atoms with van der Waals surface area (Å²) in [6, 6.07) is 17.0. The molecule has 1 N–H and O–H groups in total. The molecular weight excluding hydrogens is 401 g/mol. The smallest absolute Gasteiger partial charge is 0.266 e. The van der Waals surface area contributed by atoms with Crippen molar-refractivity contribution in [3.63, 3.8) is 0 Å². The average molecular weight is 416 g/mol. The highest BCUT2D eigenvalue weighted by Crippen LogP contribution is 2.28. The van der Waals surface area contributed by atoms with Crippen molar-refractivity contribution in [1.82, 2.24) is 9.78 Å². The number of hydrogen-bond donors (Lipinski definition) is 1. The van der Waals surface area contributed by atoms with E-state index in [9.17, 15) is 4.79 Å². The number of carbonyl (C=O) groups is 1. The normalized spacial score (nSPS) is 11.1. The Hall–Kier alpha value is -2.34. The number of hydrogen-bond acceptors (Lipinski definition) is 3. The molecule has 136 valence electrons. The van der Waals surface area contributed by atoms with Crippen molar-refractivity contribution in [1.29, 1.82) is 0 Å². The van der Waals surface area contributed by atoms with Gasteiger partial charge in [0.1, 0.15) is 0 Å². The minimum Gasteiger partial charge on any atom is -0.304 e. The number of nitrogens with zero attached hydrogens (tertiary/aromatic N) is 2. The zero-order chi connectivity index (χ0) is 19.0. The van der Waals surface area contributed by atoms with Gasteiger partial charge in [0.15, 0.2) is 5.82 Å². The van der Waals surface area contributed by atoms with Crippen LogP contribution in [-0.4, -0.2) is 15.7 Å². The van der Waals surface area contributed by atoms with Crippen LogP contribution in [-0.2, 0) is 6.42 Å². The van der Waals surface area contributed by atoms with Gasteiger partial charge in [-0.3, -0.25) is 4.79 Å². The Bertz CT molecular complexity index is 1120. The molecule has 0 atom stereocenters. The molecule has 0 spiro atoms. The fraction of sp³-hybridized carbons (Fsp3) is 0.100. The molecule has 1 amide bonds. The molecule has 0 unspecified atom stereocenters. The summed E-state index contributed by atoms with van der Waals surface area (Å²) >= 11 is 13.6. The quantitative estimate of drug-likeness (QED) is 0.430. The number of aryl methyl sites for hydroxylation is 1. The van der Waals surface area contributed by atoms with E-state index in [1.54, 1.807) is 16.8 Å². The van der Waals surface area contributed by atoms with Crippen LogP contribution in [0.3, 0.4) is 0 Å². The van der Waals surface area contributed by atoms with E-state index in [0.29, 0.717) is 20.7 Å². The second-order valence-electron chi connectivity index (χ2n) is 5.99. The molecule has 0 bridgehead atoms. The first-order valence-corrected chi connectivity index (χ1v) is 9.96. The lowest BCUT2D eigenvalue weighted by Crippen LogP contribution is -2.11. The number of rotatable bonds is 4. The van der Waals surface area contributed by atoms with Crippen molar-refractivity contribution in [2.75, 3.05) is 5.32 Å². The van der Waals surface area contributed by atoms with Crippen molar-refractivity contribution in [3.8, 4) is 5.69 Å². The van der Waals surface area contributed by atoms with Gasteiger partial charge in [-0.2, -0.15) is 0 Å². The van der Waals surface area contributed by atoms with Crippen molar-refractivity contribution in [3.05, 3.63) is 75.2 Å². The lowest BCUT2D eigenvalue weighted by atomic mass is 10.2. The Labute approximate surface area is 170 Å². The second kappa shape index (κ2) is 7.35. The number of fused-ring (bicyclic) bond motifs is 1. The standard InChI is InChI=1S/C20H15Cl2N3OS/c1-2-13-11-19(24-25(13)14-7-8-15(21)16(22)10-14)23-20(26)18-9-12-5-3-4-6-17(12)27-18/h3-11H,2H2,1H3,(H,23,24,26). The van der Waals surface area contributed by atoms with Crippen LogP contribution >= 0.6 is 34.5 Å². The highest BCUT2D eigenvalue weighted by atomic mass is 35.5. The summed E-state index contributed by atoms with van der Waals surface area (Å²) < 4.78 is 2.85. The van der Waals surface area contributed by atoms with Crippen molar-refractivity contribution >= 4 is 56.3 Å². The Morgan fingerprint density at radius 1 is 1.11 bits per heavy atom. The van der Waals surface area contributed by atoms with E-state index in [4.69, 9.17) is 23.2 Å². The van der Waals surface area contributed by atoms with Crippen molar-refractivity contribution in [2.24, 2.45) is 0 Å². The molecular formula is C20H15Cl2N3OS. The molecule has 0 aliphatic carbocycles. The van der Waals surface area contributed by atoms with Gasteiger partial charge in [-0.15, -0.1) is 16.4 Å². The third kappa shape index (κ3) is 3.58. The van der Waals surface area contributed by atoms with E-state index >= 15 is 0 Å². The Morgan fingerprint density at radius 2 is 1.93 bits per heavy atom. The summed E-state index contributed by atoms with van der Waals surface area (Å²) in [6.45, 7) is 2.03. The number of thiophene rings is 1. The number of amides is 1. The Morgan fingerprint density at radius 3 is 2.67 bits per heavy atom. The molecule has 2 aromatic carbocycles. The van der Waals surface area contributed by atoms with Crippen LogP contribution in [0.2, 0.25) is 10.0 Å². The first kappa shape index (κ1) is 18.0. The van der Waals surface area contributed by atoms with Crippen LogP contribution in [0.1, 0.15) is 22.3 Å². The second-order valence-corrected chi connectivity index (χ2v) is 7.89. The fourth-order valence-corrected chi connectivity index (χ4v) is 4.10. The Kier molecular flexibility index (Phi) is 4.91. The molecule has 7 heteroatoms. The monoisotopic (exact) mass is 415 g/mol. The number of aromatic nitrogens is 2. The lowest BCUT2D eigenvalue weighted by molar-refractivity contribution is 0.103. The first-order chi connectivity index (χ1) is 13.0. The molecule has 0 fully saturated rings. The van der Waals surface area contributed by atoms with Gasteiger partial charge in [0, 0.05) is 16.5 Å². The van der Waals surface area contributed by atoms with Crippen LogP contribution < -0.4 is 5.32 Å². The molecule has 0 radical (unpaired) electrons. The van der Waals surface area contributed by atoms with Crippen LogP contribution in [0.25, 0.3) is 15.8 Å². The molecule has 4 aromatic rings. The summed E-state index contributed by atoms with van der Waals surface area (Å²) in [5, 5.41) is 9.43. The van der Waals surface area contributed by atoms with Gasteiger partial charge in [0.25, 0.3) is 5.91 Å². The Balaban J connectivity index is 1.63. The maximum Gasteiger partial charge on any atom is 0.266 e. The summed E-state index contributed by atoms with van der Waals surface area (Å²) in [6.07, 6.45) is 0.756. The molecule has 0 saturated heterocycles. The first-order valence-electron chi connectivity index (χ1n) is 8.39. The average Bonchev–Trinajstić information content (AvgIpc) is 3.27. The van der Waals surface area contributed by atoms with Gasteiger partial charge >= 0.3 is 0 Å². The molecule has 27 heavy (non-hydrogen) atoms. The largest absolute Gasteiger partial charge is 0.304 e. The van der Waals surface area contributed by atoms with Crippen LogP contribution in [0.5, 0.6) is 0 Å². The zero-order valence-electron chi connectivity index (χ0n) is 14.4. The number of nitrogens with one attached hydrogen (secondary N) is 1. The van der Waals surface area contributed by atoms with Gasteiger partial charge in [0.05, 0.1) is 20.6 Å². The van der Waals surface area contributed by atoms with Gasteiger partial charge in [-0.25, -0.2) is 4.68 Å². The van der Waals surface area contributed by atoms with Crippen molar-refractivity contribution < 1.29 is 4.79 Å². The number of halogens is 2. The van der Waals surface area contributed by atoms with Gasteiger partial charge in [0.2, 0.25) is 0 Å². The molecule has 0 aliphatic heterocycles. The van der Waals surface area contributed by atoms with Crippen LogP contribution in [0.15, 0.2) is 54.6 Å². The predicted octanol–water partition coefficient (Wildman–Crippen LogP) is 6.21. The topological polar surface area (TPSA) is 46.9 Å². The van der Waals surface area contributed by atoms with Crippen LogP contribution in [0.4, 0.5) is 5.82 Å². The SMILES string of the molecule is CCc1cc(NC(=O)c2cc3ccccc3s2)nn1-c1ccc(Cl)c(Cl)c1. The molecule has 2 aromatic heterocycles. The number of carbonyl (C=O) groups excluding carboxylic acids is 1. The maximum absolute atomic E-state index is 12.6. The lowest BCUT2D eigenvalue weighted by Gasteiger charge is -2.06. The predicted molar refractivity (Wildman–Crippen MR) is 113 cm³/mol. The van der Waals surface area contributed by atoms with E-state index in [1.165, 1.54) is 11.3 Å². The van der Waals surface area contributed by atoms with E-state index in [2.05, 4.69) is 10.4 Å². The van der Waals surface area contributed by atoms with E-state index < -0.39 is 0 Å². The highest BCUT2D eigenvalue weighted by Gasteiger charge is 2.15. The van der Waals surface area contributed by atoms with Crippen LogP contribution in [0, 0.1) is 0 Å². The molecule has 2 heterocycles. The zero-order valence-corrected chi connectivity index (χ0v) is 16.7. The fourth-order valence-electron chi connectivity index (χ4n) is 2.84. The molecule has 0 saturated carbocycles. The van der Waals surface area contributed by atoms with Crippen molar-refractivity contribution in [2.45, 2.75) is 13.3 Å². The van der Waals surface area contributed by atoms with E-state index in [-0.39, 0.29) is 5.91 Å². The molecule has 4 nitrogen and oxygen atoms in total. The van der Waals surface area contributed by atoms with Gasteiger partial charge < -0.3 is 5.32 Å². The van der Waals surface area contributed by atoms with Gasteiger partial charge in [-0.1, -0.05) is 48.3 Å². The third-order valence-electron chi connectivity index (χ3n) is 4.18. The number of benzene rings is 2. The highest BCUT2D eigenvalue weighted by molar-refractivity contribution is 7.20. The summed E-state index contributed by atoms with van der Waals surface area (Å²) in [7, 11) is 0. The van der Waals surface area contributed by atoms with Gasteiger partial charge in [-0.05, 0) is 42.1 Å². The summed E-state index contributed by atoms with van der Waals surface area (Å²) in [5.74, 6) is 0.332. The minimum atomic E-state index is -0.169. The van der Waals surface area contributed by atoms with E-state index in [0.717, 1.165) is 27.9 Å². The van der Waals surface area contributed by atoms with E-state index in [1.807, 2.05) is 49.4 Å². The third-order valence-corrected chi connectivity index (χ3v) is 6.04. The maximum atomic E-state index is 12.6. The molecule has 4 rings (SSSR count).